The van der Waals surface area contributed by atoms with Crippen molar-refractivity contribution in [2.24, 2.45) is 5.92 Å². The lowest BCUT2D eigenvalue weighted by atomic mass is 10.0. The summed E-state index contributed by atoms with van der Waals surface area (Å²) in [6.07, 6.45) is 0.235. The minimum absolute atomic E-state index is 0.0443. The minimum atomic E-state index is -0.971. The number of ketones is 1. The van der Waals surface area contributed by atoms with Gasteiger partial charge in [0.15, 0.2) is 0 Å². The average molecular weight is 355 g/mol. The molecule has 1 N–H and O–H groups in total. The van der Waals surface area contributed by atoms with Crippen LogP contribution >= 0.6 is 0 Å². The van der Waals surface area contributed by atoms with E-state index < -0.39 is 29.8 Å². The molecule has 0 bridgehead atoms. The van der Waals surface area contributed by atoms with Crippen LogP contribution in [-0.2, 0) is 23.9 Å². The van der Waals surface area contributed by atoms with Gasteiger partial charge in [-0.1, -0.05) is 13.8 Å². The quantitative estimate of drug-likeness (QED) is 0.246. The molecule has 0 radical (unpaired) electrons. The van der Waals surface area contributed by atoms with Gasteiger partial charge in [0.2, 0.25) is 11.7 Å². The van der Waals surface area contributed by atoms with Crippen molar-refractivity contribution in [1.29, 1.82) is 0 Å². The first-order valence-corrected chi connectivity index (χ1v) is 8.53. The number of carbonyl (C=O) groups is 3. The highest BCUT2D eigenvalue weighted by atomic mass is 16.5. The smallest absolute Gasteiger partial charge is 0.328 e. The first kappa shape index (κ1) is 22.9. The summed E-state index contributed by atoms with van der Waals surface area (Å²) in [4.78, 5) is 38.8. The summed E-state index contributed by atoms with van der Waals surface area (Å²) in [6, 6.07) is -0.971. The molecule has 0 saturated carbocycles. The predicted octanol–water partition coefficient (Wildman–Crippen LogP) is 1.52. The summed E-state index contributed by atoms with van der Waals surface area (Å²) in [5, 5.41) is 2.61. The molecule has 0 rings (SSSR count). The average Bonchev–Trinajstić information content (AvgIpc) is 2.49. The first-order chi connectivity index (χ1) is 11.7. The molecule has 2 atom stereocenters. The number of nitrogens with zero attached hydrogens (tertiary/aromatic N) is 2. The van der Waals surface area contributed by atoms with Gasteiger partial charge in [0.05, 0.1) is 6.10 Å². The normalized spacial score (nSPS) is 13.1. The van der Waals surface area contributed by atoms with Crippen molar-refractivity contribution in [3.8, 4) is 0 Å². The maximum absolute atomic E-state index is 12.4. The van der Waals surface area contributed by atoms with E-state index in [4.69, 9.17) is 15.0 Å². The van der Waals surface area contributed by atoms with Crippen molar-refractivity contribution in [1.82, 2.24) is 5.32 Å². The lowest BCUT2D eigenvalue weighted by Crippen LogP contribution is -2.48. The zero-order valence-electron chi connectivity index (χ0n) is 15.7. The number of amides is 1. The minimum Gasteiger partial charge on any atom is -0.461 e. The summed E-state index contributed by atoms with van der Waals surface area (Å²) in [7, 11) is 0. The van der Waals surface area contributed by atoms with Gasteiger partial charge in [-0.25, -0.2) is 4.79 Å². The van der Waals surface area contributed by atoms with Gasteiger partial charge in [0.25, 0.3) is 0 Å². The van der Waals surface area contributed by atoms with Crippen molar-refractivity contribution in [3.05, 3.63) is 5.53 Å². The van der Waals surface area contributed by atoms with Gasteiger partial charge in [-0.15, -0.1) is 0 Å². The maximum Gasteiger partial charge on any atom is 0.328 e. The molecule has 0 aliphatic heterocycles. The van der Waals surface area contributed by atoms with E-state index in [1.165, 1.54) is 0 Å². The van der Waals surface area contributed by atoms with E-state index in [-0.39, 0.29) is 24.9 Å². The monoisotopic (exact) mass is 355 g/mol. The molecule has 0 saturated heterocycles. The van der Waals surface area contributed by atoms with Crippen LogP contribution in [0.2, 0.25) is 0 Å². The van der Waals surface area contributed by atoms with Crippen LogP contribution in [0.4, 0.5) is 0 Å². The fourth-order valence-electron chi connectivity index (χ4n) is 2.12. The second-order valence-electron chi connectivity index (χ2n) is 6.37. The van der Waals surface area contributed by atoms with Gasteiger partial charge in [-0.3, -0.25) is 9.59 Å². The molecule has 0 aromatic carbocycles. The van der Waals surface area contributed by atoms with Crippen molar-refractivity contribution in [2.75, 3.05) is 6.61 Å². The Balaban J connectivity index is 5.04. The zero-order valence-corrected chi connectivity index (χ0v) is 15.7. The third kappa shape index (κ3) is 10.4. The number of esters is 1. The van der Waals surface area contributed by atoms with Crippen molar-refractivity contribution >= 4 is 23.9 Å². The van der Waals surface area contributed by atoms with Gasteiger partial charge >= 0.3 is 12.2 Å². The molecular weight excluding hydrogens is 326 g/mol. The number of nitrogens with one attached hydrogen (secondary N) is 1. The molecule has 0 heterocycles. The Morgan fingerprint density at radius 1 is 1.20 bits per heavy atom. The molecule has 0 spiro atoms. The van der Waals surface area contributed by atoms with Crippen LogP contribution in [0, 0.1) is 5.92 Å². The molecule has 25 heavy (non-hydrogen) atoms. The molecule has 8 heteroatoms. The summed E-state index contributed by atoms with van der Waals surface area (Å²) in [5.74, 6) is -1.24. The molecule has 0 aliphatic rings. The van der Waals surface area contributed by atoms with E-state index in [9.17, 15) is 14.4 Å². The number of ether oxygens (including phenoxy) is 2. The lowest BCUT2D eigenvalue weighted by Gasteiger charge is -2.23. The van der Waals surface area contributed by atoms with Crippen LogP contribution in [0.3, 0.4) is 0 Å². The molecule has 0 unspecified atom stereocenters. The fourth-order valence-corrected chi connectivity index (χ4v) is 2.12. The highest BCUT2D eigenvalue weighted by Crippen LogP contribution is 2.10. The predicted molar refractivity (Wildman–Crippen MR) is 92.0 cm³/mol. The zero-order chi connectivity index (χ0) is 19.4. The van der Waals surface area contributed by atoms with E-state index in [1.807, 2.05) is 13.8 Å². The van der Waals surface area contributed by atoms with Crippen molar-refractivity contribution in [3.63, 3.8) is 0 Å². The van der Waals surface area contributed by atoms with Crippen LogP contribution in [0.15, 0.2) is 0 Å². The van der Waals surface area contributed by atoms with E-state index in [0.29, 0.717) is 13.0 Å². The third-order valence-corrected chi connectivity index (χ3v) is 3.18. The molecule has 0 aliphatic carbocycles. The SMILES string of the molecule is CCO[C@@H](CC(C)C)C(=O)N[C@@H](CCC(=O)C=[N+]=[N-])C(=O)OC(C)C. The Labute approximate surface area is 148 Å². The van der Waals surface area contributed by atoms with Crippen LogP contribution in [0.25, 0.3) is 5.53 Å². The van der Waals surface area contributed by atoms with E-state index >= 15 is 0 Å². The summed E-state index contributed by atoms with van der Waals surface area (Å²) in [5.41, 5.74) is 8.36. The summed E-state index contributed by atoms with van der Waals surface area (Å²) in [6.45, 7) is 9.49. The molecule has 0 aromatic rings. The molecule has 0 fully saturated rings. The van der Waals surface area contributed by atoms with Crippen molar-refractivity contribution < 1.29 is 28.6 Å². The number of hydrogen-bond donors (Lipinski definition) is 1. The largest absolute Gasteiger partial charge is 0.461 e. The van der Waals surface area contributed by atoms with Crippen molar-refractivity contribution in [2.45, 2.75) is 72.1 Å². The Morgan fingerprint density at radius 2 is 1.84 bits per heavy atom. The van der Waals surface area contributed by atoms with Gasteiger partial charge in [0.1, 0.15) is 12.1 Å². The molecule has 8 nitrogen and oxygen atoms in total. The third-order valence-electron chi connectivity index (χ3n) is 3.18. The van der Waals surface area contributed by atoms with Gasteiger partial charge in [-0.2, -0.15) is 4.79 Å². The summed E-state index contributed by atoms with van der Waals surface area (Å²) >= 11 is 0. The highest BCUT2D eigenvalue weighted by Gasteiger charge is 2.28. The van der Waals surface area contributed by atoms with E-state index in [2.05, 4.69) is 10.1 Å². The number of Topliss-reactive ketones (excluding diaryl/α,β-unsaturated/α-hetero) is 1. The second kappa shape index (κ2) is 12.3. The van der Waals surface area contributed by atoms with Crippen LogP contribution in [0.1, 0.15) is 53.9 Å². The molecule has 1 amide bonds. The number of hydrogen-bond acceptors (Lipinski definition) is 5. The van der Waals surface area contributed by atoms with Crippen LogP contribution < -0.4 is 5.32 Å². The maximum atomic E-state index is 12.4. The van der Waals surface area contributed by atoms with Gasteiger partial charge < -0.3 is 20.3 Å². The second-order valence-corrected chi connectivity index (χ2v) is 6.37. The Kier molecular flexibility index (Phi) is 11.3. The standard InChI is InChI=1S/C17H29N3O5/c1-6-24-15(9-11(2)3)16(22)20-14(17(23)25-12(4)5)8-7-13(21)10-19-18/h10-12,14-15H,6-9H2,1-5H3,(H,20,22)/t14-,15-/m0/s1. The number of rotatable bonds is 12. The number of carbonyl (C=O) groups excluding carboxylic acids is 3. The van der Waals surface area contributed by atoms with Gasteiger partial charge in [0, 0.05) is 13.0 Å². The Hall–Kier alpha value is -2.05. The summed E-state index contributed by atoms with van der Waals surface area (Å²) < 4.78 is 10.6. The van der Waals surface area contributed by atoms with Crippen LogP contribution in [0.5, 0.6) is 0 Å². The first-order valence-electron chi connectivity index (χ1n) is 8.53. The highest BCUT2D eigenvalue weighted by molar-refractivity contribution is 6.25. The fraction of sp³-hybridized carbons (Fsp3) is 0.765. The van der Waals surface area contributed by atoms with E-state index in [0.717, 1.165) is 6.21 Å². The molecular formula is C17H29N3O5. The molecule has 142 valence electrons. The lowest BCUT2D eigenvalue weighted by molar-refractivity contribution is -0.153. The van der Waals surface area contributed by atoms with E-state index in [1.54, 1.807) is 20.8 Å². The molecule has 0 aromatic heterocycles. The Bertz CT molecular complexity index is 499. The topological polar surface area (TPSA) is 118 Å². The van der Waals surface area contributed by atoms with Crippen LogP contribution in [-0.4, -0.2) is 53.5 Å². The van der Waals surface area contributed by atoms with Gasteiger partial charge in [-0.05, 0) is 39.5 Å². The Morgan fingerprint density at radius 3 is 2.32 bits per heavy atom.